The molecule has 0 bridgehead atoms. The van der Waals surface area contributed by atoms with Gasteiger partial charge in [-0.05, 0) is 12.1 Å². The van der Waals surface area contributed by atoms with E-state index in [1.165, 1.54) is 12.1 Å². The molecule has 1 aliphatic heterocycles. The van der Waals surface area contributed by atoms with Crippen molar-refractivity contribution in [1.82, 2.24) is 14.5 Å². The van der Waals surface area contributed by atoms with Crippen molar-refractivity contribution in [3.8, 4) is 0 Å². The summed E-state index contributed by atoms with van der Waals surface area (Å²) >= 11 is 5.94. The van der Waals surface area contributed by atoms with Gasteiger partial charge < -0.3 is 9.47 Å². The largest absolute Gasteiger partial charge is 0.342 e. The van der Waals surface area contributed by atoms with Crippen LogP contribution in [0.2, 0.25) is 5.02 Å². The van der Waals surface area contributed by atoms with Crippen LogP contribution in [0, 0.1) is 11.7 Å². The monoisotopic (exact) mass is 307 g/mol. The zero-order valence-corrected chi connectivity index (χ0v) is 12.1. The molecular weight excluding hydrogens is 293 g/mol. The molecule has 0 atom stereocenters. The number of carbonyl (C=O) groups excluding carboxylic acids is 1. The third-order valence-corrected chi connectivity index (χ3v) is 4.08. The number of hydrogen-bond donors (Lipinski definition) is 0. The number of hydrogen-bond acceptors (Lipinski definition) is 2. The van der Waals surface area contributed by atoms with Crippen LogP contribution in [0.5, 0.6) is 0 Å². The molecule has 0 unspecified atom stereocenters. The van der Waals surface area contributed by atoms with Crippen LogP contribution in [-0.4, -0.2) is 33.4 Å². The predicted molar refractivity (Wildman–Crippen MR) is 77.4 cm³/mol. The lowest BCUT2D eigenvalue weighted by atomic mass is 9.98. The molecule has 1 aromatic carbocycles. The molecule has 0 spiro atoms. The van der Waals surface area contributed by atoms with Crippen LogP contribution in [0.1, 0.15) is 5.56 Å². The van der Waals surface area contributed by atoms with Gasteiger partial charge in [0.15, 0.2) is 0 Å². The minimum absolute atomic E-state index is 0.0172. The van der Waals surface area contributed by atoms with Gasteiger partial charge >= 0.3 is 0 Å². The van der Waals surface area contributed by atoms with E-state index in [0.717, 1.165) is 6.54 Å². The molecular formula is C15H15ClFN3O. The quantitative estimate of drug-likeness (QED) is 0.870. The van der Waals surface area contributed by atoms with Gasteiger partial charge in [-0.2, -0.15) is 0 Å². The van der Waals surface area contributed by atoms with E-state index in [1.54, 1.807) is 23.5 Å². The van der Waals surface area contributed by atoms with E-state index in [9.17, 15) is 9.18 Å². The molecule has 1 aliphatic rings. The Labute approximate surface area is 127 Å². The van der Waals surface area contributed by atoms with Gasteiger partial charge in [-0.15, -0.1) is 0 Å². The normalized spacial score (nSPS) is 15.0. The maximum atomic E-state index is 13.7. The fraction of sp³-hybridized carbons (Fsp3) is 0.333. The Hall–Kier alpha value is -1.88. The van der Waals surface area contributed by atoms with Crippen LogP contribution in [0.25, 0.3) is 0 Å². The third-order valence-electron chi connectivity index (χ3n) is 3.73. The second-order valence-electron chi connectivity index (χ2n) is 5.30. The summed E-state index contributed by atoms with van der Waals surface area (Å²) in [5, 5.41) is 0.304. The number of amides is 1. The van der Waals surface area contributed by atoms with E-state index in [2.05, 4.69) is 4.98 Å². The summed E-state index contributed by atoms with van der Waals surface area (Å²) < 4.78 is 15.7. The molecule has 4 nitrogen and oxygen atoms in total. The van der Waals surface area contributed by atoms with Gasteiger partial charge in [0.05, 0.1) is 12.7 Å². The van der Waals surface area contributed by atoms with Crippen LogP contribution >= 0.6 is 11.6 Å². The average molecular weight is 308 g/mol. The topological polar surface area (TPSA) is 38.1 Å². The van der Waals surface area contributed by atoms with Crippen molar-refractivity contribution in [2.75, 3.05) is 13.1 Å². The standard InChI is InChI=1S/C15H15ClFN3O/c16-13-2-1-3-14(17)12(13)6-15(21)20-8-11(9-20)7-19-5-4-18-10-19/h1-5,10-11H,6-9H2. The summed E-state index contributed by atoms with van der Waals surface area (Å²) in [5.74, 6) is -0.0746. The minimum Gasteiger partial charge on any atom is -0.342 e. The van der Waals surface area contributed by atoms with E-state index < -0.39 is 5.82 Å². The number of carbonyl (C=O) groups is 1. The smallest absolute Gasteiger partial charge is 0.227 e. The van der Waals surface area contributed by atoms with Gasteiger partial charge in [-0.1, -0.05) is 17.7 Å². The van der Waals surface area contributed by atoms with Crippen molar-refractivity contribution in [2.45, 2.75) is 13.0 Å². The number of halogens is 2. The summed E-state index contributed by atoms with van der Waals surface area (Å²) in [4.78, 5) is 17.9. The first-order valence-corrected chi connectivity index (χ1v) is 7.17. The summed E-state index contributed by atoms with van der Waals surface area (Å²) in [5.41, 5.74) is 0.280. The zero-order valence-electron chi connectivity index (χ0n) is 11.4. The fourth-order valence-electron chi connectivity index (χ4n) is 2.55. The molecule has 0 N–H and O–H groups in total. The van der Waals surface area contributed by atoms with Crippen LogP contribution in [0.15, 0.2) is 36.9 Å². The van der Waals surface area contributed by atoms with Gasteiger partial charge in [-0.25, -0.2) is 9.37 Å². The maximum Gasteiger partial charge on any atom is 0.227 e. The molecule has 110 valence electrons. The van der Waals surface area contributed by atoms with E-state index in [0.29, 0.717) is 24.0 Å². The highest BCUT2D eigenvalue weighted by molar-refractivity contribution is 6.31. The summed E-state index contributed by atoms with van der Waals surface area (Å²) in [7, 11) is 0. The van der Waals surface area contributed by atoms with Crippen LogP contribution < -0.4 is 0 Å². The van der Waals surface area contributed by atoms with Gasteiger partial charge in [0, 0.05) is 48.5 Å². The molecule has 0 radical (unpaired) electrons. The minimum atomic E-state index is -0.425. The van der Waals surface area contributed by atoms with Gasteiger partial charge in [-0.3, -0.25) is 4.79 Å². The van der Waals surface area contributed by atoms with Crippen molar-refractivity contribution in [1.29, 1.82) is 0 Å². The lowest BCUT2D eigenvalue weighted by Gasteiger charge is -2.39. The second-order valence-corrected chi connectivity index (χ2v) is 5.71. The number of aromatic nitrogens is 2. The predicted octanol–water partition coefficient (Wildman–Crippen LogP) is 2.38. The molecule has 1 fully saturated rings. The molecule has 1 amide bonds. The van der Waals surface area contributed by atoms with Gasteiger partial charge in [0.25, 0.3) is 0 Å². The highest BCUT2D eigenvalue weighted by Gasteiger charge is 2.31. The van der Waals surface area contributed by atoms with Crippen molar-refractivity contribution >= 4 is 17.5 Å². The molecule has 6 heteroatoms. The molecule has 3 rings (SSSR count). The van der Waals surface area contributed by atoms with Gasteiger partial charge in [0.1, 0.15) is 5.82 Å². The molecule has 21 heavy (non-hydrogen) atoms. The molecule has 2 aromatic rings. The number of benzene rings is 1. The van der Waals surface area contributed by atoms with Crippen molar-refractivity contribution in [2.24, 2.45) is 5.92 Å². The first-order chi connectivity index (χ1) is 10.1. The molecule has 1 saturated heterocycles. The highest BCUT2D eigenvalue weighted by atomic mass is 35.5. The van der Waals surface area contributed by atoms with Crippen molar-refractivity contribution in [3.63, 3.8) is 0 Å². The SMILES string of the molecule is O=C(Cc1c(F)cccc1Cl)N1CC(Cn2ccnc2)C1. The lowest BCUT2D eigenvalue weighted by molar-refractivity contribution is -0.137. The summed E-state index contributed by atoms with van der Waals surface area (Å²) in [6, 6.07) is 4.47. The Bertz CT molecular complexity index is 618. The highest BCUT2D eigenvalue weighted by Crippen LogP contribution is 2.23. The Morgan fingerprint density at radius 1 is 1.43 bits per heavy atom. The van der Waals surface area contributed by atoms with Crippen molar-refractivity contribution in [3.05, 3.63) is 53.3 Å². The Morgan fingerprint density at radius 3 is 2.90 bits per heavy atom. The average Bonchev–Trinajstić information content (AvgIpc) is 2.90. The van der Waals surface area contributed by atoms with Crippen molar-refractivity contribution < 1.29 is 9.18 Å². The number of imidazole rings is 1. The van der Waals surface area contributed by atoms with E-state index in [4.69, 9.17) is 11.6 Å². The molecule has 0 saturated carbocycles. The van der Waals surface area contributed by atoms with Crippen LogP contribution in [-0.2, 0) is 17.8 Å². The Morgan fingerprint density at radius 2 is 2.24 bits per heavy atom. The number of rotatable bonds is 4. The maximum absolute atomic E-state index is 13.7. The van der Waals surface area contributed by atoms with Crippen LogP contribution in [0.3, 0.4) is 0 Å². The zero-order chi connectivity index (χ0) is 14.8. The summed E-state index contributed by atoms with van der Waals surface area (Å²) in [6.45, 7) is 2.25. The van der Waals surface area contributed by atoms with Crippen LogP contribution in [0.4, 0.5) is 4.39 Å². The first kappa shape index (κ1) is 14.1. The molecule has 1 aromatic heterocycles. The molecule has 0 aliphatic carbocycles. The Kier molecular flexibility index (Phi) is 3.92. The summed E-state index contributed by atoms with van der Waals surface area (Å²) in [6.07, 6.45) is 5.43. The van der Waals surface area contributed by atoms with E-state index in [1.807, 2.05) is 10.8 Å². The van der Waals surface area contributed by atoms with E-state index >= 15 is 0 Å². The first-order valence-electron chi connectivity index (χ1n) is 6.80. The lowest BCUT2D eigenvalue weighted by Crippen LogP contribution is -2.51. The van der Waals surface area contributed by atoms with E-state index in [-0.39, 0.29) is 17.9 Å². The fourth-order valence-corrected chi connectivity index (χ4v) is 2.78. The number of likely N-dealkylation sites (tertiary alicyclic amines) is 1. The molecule has 2 heterocycles. The third kappa shape index (κ3) is 3.08. The number of nitrogens with zero attached hydrogens (tertiary/aromatic N) is 3. The Balaban J connectivity index is 1.54. The van der Waals surface area contributed by atoms with Gasteiger partial charge in [0.2, 0.25) is 5.91 Å². The second kappa shape index (κ2) is 5.85.